The molecule has 0 aromatic carbocycles. The number of thiophene rings is 2. The van der Waals surface area contributed by atoms with Crippen LogP contribution in [0.5, 0.6) is 0 Å². The van der Waals surface area contributed by atoms with E-state index in [0.717, 1.165) is 6.54 Å². The van der Waals surface area contributed by atoms with E-state index in [1.54, 1.807) is 11.3 Å². The molecule has 0 aliphatic rings. The Kier molecular flexibility index (Phi) is 4.64. The first-order chi connectivity index (χ1) is 8.47. The molecule has 0 bridgehead atoms. The Labute approximate surface area is 125 Å². The number of rotatable bonds is 4. The van der Waals surface area contributed by atoms with Gasteiger partial charge >= 0.3 is 0 Å². The molecule has 98 valence electrons. The van der Waals surface area contributed by atoms with Crippen LogP contribution in [0.15, 0.2) is 33.4 Å². The van der Waals surface area contributed by atoms with E-state index in [4.69, 9.17) is 0 Å². The second-order valence-electron chi connectivity index (χ2n) is 5.40. The van der Waals surface area contributed by atoms with Crippen molar-refractivity contribution in [2.45, 2.75) is 33.4 Å². The highest BCUT2D eigenvalue weighted by molar-refractivity contribution is 9.11. The molecule has 1 unspecified atom stereocenters. The molecule has 2 heterocycles. The first-order valence-corrected chi connectivity index (χ1v) is 8.47. The molecule has 4 heteroatoms. The van der Waals surface area contributed by atoms with E-state index in [-0.39, 0.29) is 5.41 Å². The largest absolute Gasteiger partial charge is 0.304 e. The SMILES string of the molecule is CC(C)(C)C(NCc1ccc(Br)s1)c1cccs1. The molecule has 0 fully saturated rings. The van der Waals surface area contributed by atoms with Crippen molar-refractivity contribution in [2.75, 3.05) is 0 Å². The number of halogens is 1. The number of hydrogen-bond donors (Lipinski definition) is 1. The molecule has 18 heavy (non-hydrogen) atoms. The fourth-order valence-electron chi connectivity index (χ4n) is 1.94. The highest BCUT2D eigenvalue weighted by Crippen LogP contribution is 2.35. The summed E-state index contributed by atoms with van der Waals surface area (Å²) in [6.07, 6.45) is 0. The summed E-state index contributed by atoms with van der Waals surface area (Å²) in [4.78, 5) is 2.78. The van der Waals surface area contributed by atoms with Crippen molar-refractivity contribution >= 4 is 38.6 Å². The van der Waals surface area contributed by atoms with Crippen LogP contribution in [0.2, 0.25) is 0 Å². The molecule has 0 spiro atoms. The summed E-state index contributed by atoms with van der Waals surface area (Å²) in [7, 11) is 0. The van der Waals surface area contributed by atoms with Gasteiger partial charge < -0.3 is 5.32 Å². The van der Waals surface area contributed by atoms with Gasteiger partial charge in [0.2, 0.25) is 0 Å². The predicted molar refractivity (Wildman–Crippen MR) is 85.4 cm³/mol. The second-order valence-corrected chi connectivity index (χ2v) is 8.93. The van der Waals surface area contributed by atoms with E-state index in [0.29, 0.717) is 6.04 Å². The van der Waals surface area contributed by atoms with E-state index in [9.17, 15) is 0 Å². The second kappa shape index (κ2) is 5.87. The molecule has 1 atom stereocenters. The first-order valence-electron chi connectivity index (χ1n) is 5.98. The van der Waals surface area contributed by atoms with Gasteiger partial charge in [0, 0.05) is 22.3 Å². The number of hydrogen-bond acceptors (Lipinski definition) is 3. The Morgan fingerprint density at radius 2 is 2.06 bits per heavy atom. The van der Waals surface area contributed by atoms with Crippen molar-refractivity contribution in [1.82, 2.24) is 5.32 Å². The molecule has 0 amide bonds. The molecular weight excluding hydrogens is 326 g/mol. The minimum absolute atomic E-state index is 0.222. The fourth-order valence-corrected chi connectivity index (χ4v) is 4.42. The Balaban J connectivity index is 2.07. The van der Waals surface area contributed by atoms with Gasteiger partial charge in [-0.15, -0.1) is 22.7 Å². The monoisotopic (exact) mass is 343 g/mol. The molecule has 0 aliphatic heterocycles. The highest BCUT2D eigenvalue weighted by atomic mass is 79.9. The van der Waals surface area contributed by atoms with Crippen LogP contribution in [0.4, 0.5) is 0 Å². The molecule has 2 rings (SSSR count). The molecule has 0 radical (unpaired) electrons. The Bertz CT molecular complexity index is 482. The maximum Gasteiger partial charge on any atom is 0.0701 e. The molecule has 1 N–H and O–H groups in total. The lowest BCUT2D eigenvalue weighted by atomic mass is 9.86. The van der Waals surface area contributed by atoms with Gasteiger partial charge in [-0.3, -0.25) is 0 Å². The van der Waals surface area contributed by atoms with Crippen molar-refractivity contribution in [3.8, 4) is 0 Å². The molecular formula is C14H18BrNS2. The maximum absolute atomic E-state index is 3.69. The zero-order valence-corrected chi connectivity index (χ0v) is 14.1. The van der Waals surface area contributed by atoms with Crippen molar-refractivity contribution in [2.24, 2.45) is 5.41 Å². The van der Waals surface area contributed by atoms with Crippen LogP contribution < -0.4 is 5.32 Å². The lowest BCUT2D eigenvalue weighted by Gasteiger charge is -2.30. The predicted octanol–water partition coefficient (Wildman–Crippen LogP) is 5.45. The highest BCUT2D eigenvalue weighted by Gasteiger charge is 2.26. The summed E-state index contributed by atoms with van der Waals surface area (Å²) >= 11 is 7.14. The summed E-state index contributed by atoms with van der Waals surface area (Å²) in [6.45, 7) is 7.79. The van der Waals surface area contributed by atoms with E-state index >= 15 is 0 Å². The lowest BCUT2D eigenvalue weighted by Crippen LogP contribution is -2.31. The van der Waals surface area contributed by atoms with Crippen LogP contribution in [-0.4, -0.2) is 0 Å². The van der Waals surface area contributed by atoms with Crippen LogP contribution in [0.25, 0.3) is 0 Å². The third-order valence-corrected chi connectivity index (χ3v) is 5.36. The minimum Gasteiger partial charge on any atom is -0.304 e. The van der Waals surface area contributed by atoms with E-state index in [1.165, 1.54) is 13.5 Å². The summed E-state index contributed by atoms with van der Waals surface area (Å²) < 4.78 is 1.20. The van der Waals surface area contributed by atoms with Crippen molar-refractivity contribution < 1.29 is 0 Å². The van der Waals surface area contributed by atoms with E-state index < -0.39 is 0 Å². The van der Waals surface area contributed by atoms with Crippen LogP contribution in [0.3, 0.4) is 0 Å². The molecule has 2 aromatic heterocycles. The van der Waals surface area contributed by atoms with Crippen LogP contribution in [-0.2, 0) is 6.54 Å². The van der Waals surface area contributed by atoms with Crippen LogP contribution in [0, 0.1) is 5.41 Å². The quantitative estimate of drug-likeness (QED) is 0.778. The van der Waals surface area contributed by atoms with Crippen molar-refractivity contribution in [1.29, 1.82) is 0 Å². The molecule has 0 saturated carbocycles. The Morgan fingerprint density at radius 3 is 2.56 bits per heavy atom. The van der Waals surface area contributed by atoms with Crippen molar-refractivity contribution in [3.05, 3.63) is 43.2 Å². The summed E-state index contributed by atoms with van der Waals surface area (Å²) in [5.74, 6) is 0. The van der Waals surface area contributed by atoms with Crippen LogP contribution >= 0.6 is 38.6 Å². The van der Waals surface area contributed by atoms with Crippen LogP contribution in [0.1, 0.15) is 36.6 Å². The average molecular weight is 344 g/mol. The average Bonchev–Trinajstić information content (AvgIpc) is 2.88. The van der Waals surface area contributed by atoms with E-state index in [2.05, 4.69) is 71.7 Å². The topological polar surface area (TPSA) is 12.0 Å². The zero-order valence-electron chi connectivity index (χ0n) is 10.9. The summed E-state index contributed by atoms with van der Waals surface area (Å²) in [6, 6.07) is 9.04. The molecule has 0 saturated heterocycles. The van der Waals surface area contributed by atoms with Crippen molar-refractivity contribution in [3.63, 3.8) is 0 Å². The zero-order chi connectivity index (χ0) is 13.2. The normalized spacial score (nSPS) is 13.8. The van der Waals surface area contributed by atoms with Gasteiger partial charge in [0.15, 0.2) is 0 Å². The van der Waals surface area contributed by atoms with Gasteiger partial charge in [-0.25, -0.2) is 0 Å². The third-order valence-electron chi connectivity index (χ3n) is 2.80. The molecule has 2 aromatic rings. The Morgan fingerprint density at radius 1 is 1.28 bits per heavy atom. The Hall–Kier alpha value is -0.160. The third kappa shape index (κ3) is 3.67. The molecule has 0 aliphatic carbocycles. The van der Waals surface area contributed by atoms with E-state index in [1.807, 2.05) is 11.3 Å². The fraction of sp³-hybridized carbons (Fsp3) is 0.429. The smallest absolute Gasteiger partial charge is 0.0701 e. The maximum atomic E-state index is 3.69. The van der Waals surface area contributed by atoms with Gasteiger partial charge in [-0.1, -0.05) is 26.8 Å². The standard InChI is InChI=1S/C14H18BrNS2/c1-14(2,3)13(11-5-4-8-17-11)16-9-10-6-7-12(15)18-10/h4-8,13,16H,9H2,1-3H3. The summed E-state index contributed by atoms with van der Waals surface area (Å²) in [5, 5.41) is 5.84. The molecule has 1 nitrogen and oxygen atoms in total. The van der Waals surface area contributed by atoms with Gasteiger partial charge in [0.05, 0.1) is 3.79 Å². The summed E-state index contributed by atoms with van der Waals surface area (Å²) in [5.41, 5.74) is 0.222. The van der Waals surface area contributed by atoms with Gasteiger partial charge in [-0.2, -0.15) is 0 Å². The minimum atomic E-state index is 0.222. The lowest BCUT2D eigenvalue weighted by molar-refractivity contribution is 0.275. The van der Waals surface area contributed by atoms with Gasteiger partial charge in [0.1, 0.15) is 0 Å². The first kappa shape index (κ1) is 14.3. The van der Waals surface area contributed by atoms with Gasteiger partial charge in [0.25, 0.3) is 0 Å². The van der Waals surface area contributed by atoms with Gasteiger partial charge in [-0.05, 0) is 44.9 Å². The number of nitrogens with one attached hydrogen (secondary N) is 1.